The van der Waals surface area contributed by atoms with Crippen LogP contribution >= 0.6 is 15.9 Å². The van der Waals surface area contributed by atoms with Crippen molar-refractivity contribution in [1.82, 2.24) is 4.90 Å². The van der Waals surface area contributed by atoms with Crippen LogP contribution in [0.25, 0.3) is 0 Å². The second kappa shape index (κ2) is 7.27. The van der Waals surface area contributed by atoms with Gasteiger partial charge >= 0.3 is 0 Å². The van der Waals surface area contributed by atoms with Crippen molar-refractivity contribution in [3.8, 4) is 5.75 Å². The first kappa shape index (κ1) is 15.6. The van der Waals surface area contributed by atoms with Crippen molar-refractivity contribution in [2.75, 3.05) is 7.05 Å². The lowest BCUT2D eigenvalue weighted by Crippen LogP contribution is -2.37. The van der Waals surface area contributed by atoms with E-state index in [1.807, 2.05) is 54.6 Å². The van der Waals surface area contributed by atoms with E-state index < -0.39 is 6.10 Å². The molecule has 2 aromatic carbocycles. The molecule has 2 aromatic rings. The predicted octanol–water partition coefficient (Wildman–Crippen LogP) is 3.88. The molecule has 0 fully saturated rings. The summed E-state index contributed by atoms with van der Waals surface area (Å²) >= 11 is 3.37. The Hall–Kier alpha value is -1.81. The van der Waals surface area contributed by atoms with E-state index in [-0.39, 0.29) is 5.91 Å². The Balaban J connectivity index is 1.93. The molecule has 110 valence electrons. The third-order valence-electron chi connectivity index (χ3n) is 3.11. The second-order valence-corrected chi connectivity index (χ2v) is 5.81. The van der Waals surface area contributed by atoms with Gasteiger partial charge < -0.3 is 9.64 Å². The Kier molecular flexibility index (Phi) is 5.39. The average molecular weight is 348 g/mol. The highest BCUT2D eigenvalue weighted by Crippen LogP contribution is 2.18. The van der Waals surface area contributed by atoms with E-state index in [0.717, 1.165) is 10.0 Å². The molecular formula is C17H18BrNO2. The number of hydrogen-bond acceptors (Lipinski definition) is 2. The first-order valence-corrected chi connectivity index (χ1v) is 7.56. The Morgan fingerprint density at radius 3 is 2.38 bits per heavy atom. The first-order valence-electron chi connectivity index (χ1n) is 6.77. The van der Waals surface area contributed by atoms with Crippen LogP contribution in [0.2, 0.25) is 0 Å². The monoisotopic (exact) mass is 347 g/mol. The zero-order chi connectivity index (χ0) is 15.2. The summed E-state index contributed by atoms with van der Waals surface area (Å²) in [6.07, 6.45) is -0.514. The molecule has 0 saturated carbocycles. The van der Waals surface area contributed by atoms with Crippen molar-refractivity contribution < 1.29 is 9.53 Å². The summed E-state index contributed by atoms with van der Waals surface area (Å²) in [5, 5.41) is 0. The van der Waals surface area contributed by atoms with Gasteiger partial charge in [-0.1, -0.05) is 46.3 Å². The molecule has 0 N–H and O–H groups in total. The van der Waals surface area contributed by atoms with Crippen LogP contribution in [0.1, 0.15) is 12.5 Å². The molecular weight excluding hydrogens is 330 g/mol. The molecule has 1 amide bonds. The van der Waals surface area contributed by atoms with Crippen LogP contribution in [0.3, 0.4) is 0 Å². The third-order valence-corrected chi connectivity index (χ3v) is 3.64. The largest absolute Gasteiger partial charge is 0.481 e. The first-order chi connectivity index (χ1) is 10.1. The maximum absolute atomic E-state index is 12.3. The molecule has 0 spiro atoms. The van der Waals surface area contributed by atoms with Crippen LogP contribution in [-0.4, -0.2) is 24.0 Å². The SMILES string of the molecule is CC(Oc1ccc(Br)cc1)C(=O)N(C)Cc1ccccc1. The van der Waals surface area contributed by atoms with Gasteiger partial charge in [0.15, 0.2) is 6.10 Å². The molecule has 2 rings (SSSR count). The van der Waals surface area contributed by atoms with Gasteiger partial charge in [-0.3, -0.25) is 4.79 Å². The lowest BCUT2D eigenvalue weighted by atomic mass is 10.2. The van der Waals surface area contributed by atoms with Crippen molar-refractivity contribution in [2.24, 2.45) is 0 Å². The smallest absolute Gasteiger partial charge is 0.263 e. The van der Waals surface area contributed by atoms with Gasteiger partial charge in [-0.15, -0.1) is 0 Å². The van der Waals surface area contributed by atoms with E-state index in [1.54, 1.807) is 18.9 Å². The van der Waals surface area contributed by atoms with Gasteiger partial charge in [-0.25, -0.2) is 0 Å². The van der Waals surface area contributed by atoms with Crippen LogP contribution in [0.4, 0.5) is 0 Å². The van der Waals surface area contributed by atoms with E-state index in [9.17, 15) is 4.79 Å². The standard InChI is InChI=1S/C17H18BrNO2/c1-13(21-16-10-8-15(18)9-11-16)17(20)19(2)12-14-6-4-3-5-7-14/h3-11,13H,12H2,1-2H3. The Morgan fingerprint density at radius 1 is 1.14 bits per heavy atom. The number of nitrogens with zero attached hydrogens (tertiary/aromatic N) is 1. The topological polar surface area (TPSA) is 29.5 Å². The lowest BCUT2D eigenvalue weighted by molar-refractivity contribution is -0.137. The number of likely N-dealkylation sites (N-methyl/N-ethyl adjacent to an activating group) is 1. The summed E-state index contributed by atoms with van der Waals surface area (Å²) in [6.45, 7) is 2.35. The molecule has 0 aromatic heterocycles. The minimum Gasteiger partial charge on any atom is -0.481 e. The summed E-state index contributed by atoms with van der Waals surface area (Å²) in [5.41, 5.74) is 1.10. The highest BCUT2D eigenvalue weighted by Gasteiger charge is 2.19. The molecule has 21 heavy (non-hydrogen) atoms. The number of benzene rings is 2. The van der Waals surface area contributed by atoms with Gasteiger partial charge in [-0.2, -0.15) is 0 Å². The molecule has 0 saturated heterocycles. The highest BCUT2D eigenvalue weighted by molar-refractivity contribution is 9.10. The predicted molar refractivity (Wildman–Crippen MR) is 87.1 cm³/mol. The van der Waals surface area contributed by atoms with E-state index in [0.29, 0.717) is 12.3 Å². The van der Waals surface area contributed by atoms with Crippen molar-refractivity contribution in [3.05, 3.63) is 64.6 Å². The quantitative estimate of drug-likeness (QED) is 0.821. The van der Waals surface area contributed by atoms with Crippen molar-refractivity contribution in [1.29, 1.82) is 0 Å². The molecule has 0 radical (unpaired) electrons. The van der Waals surface area contributed by atoms with Gasteiger partial charge in [-0.05, 0) is 36.8 Å². The average Bonchev–Trinajstić information content (AvgIpc) is 2.49. The maximum Gasteiger partial charge on any atom is 0.263 e. The van der Waals surface area contributed by atoms with Gasteiger partial charge in [0, 0.05) is 18.1 Å². The molecule has 4 heteroatoms. The highest BCUT2D eigenvalue weighted by atomic mass is 79.9. The second-order valence-electron chi connectivity index (χ2n) is 4.89. The molecule has 0 aliphatic heterocycles. The zero-order valence-electron chi connectivity index (χ0n) is 12.1. The summed E-state index contributed by atoms with van der Waals surface area (Å²) < 4.78 is 6.66. The van der Waals surface area contributed by atoms with Gasteiger partial charge in [0.05, 0.1) is 0 Å². The fourth-order valence-corrected chi connectivity index (χ4v) is 2.28. The van der Waals surface area contributed by atoms with Crippen LogP contribution in [0.5, 0.6) is 5.75 Å². The summed E-state index contributed by atoms with van der Waals surface area (Å²) in [7, 11) is 1.79. The number of carbonyl (C=O) groups excluding carboxylic acids is 1. The Morgan fingerprint density at radius 2 is 1.76 bits per heavy atom. The van der Waals surface area contributed by atoms with E-state index in [1.165, 1.54) is 0 Å². The maximum atomic E-state index is 12.3. The zero-order valence-corrected chi connectivity index (χ0v) is 13.7. The Bertz CT molecular complexity index is 583. The number of carbonyl (C=O) groups is 1. The van der Waals surface area contributed by atoms with Crippen LogP contribution < -0.4 is 4.74 Å². The third kappa shape index (κ3) is 4.60. The normalized spacial score (nSPS) is 11.8. The summed E-state index contributed by atoms with van der Waals surface area (Å²) in [4.78, 5) is 14.0. The van der Waals surface area contributed by atoms with Gasteiger partial charge in [0.2, 0.25) is 0 Å². The minimum atomic E-state index is -0.514. The molecule has 0 aliphatic rings. The molecule has 0 heterocycles. The van der Waals surface area contributed by atoms with Gasteiger partial charge in [0.1, 0.15) is 5.75 Å². The van der Waals surface area contributed by atoms with Gasteiger partial charge in [0.25, 0.3) is 5.91 Å². The van der Waals surface area contributed by atoms with E-state index >= 15 is 0 Å². The van der Waals surface area contributed by atoms with Crippen LogP contribution in [0, 0.1) is 0 Å². The number of amides is 1. The molecule has 1 atom stereocenters. The van der Waals surface area contributed by atoms with E-state index in [2.05, 4.69) is 15.9 Å². The number of halogens is 1. The molecule has 0 bridgehead atoms. The van der Waals surface area contributed by atoms with Crippen molar-refractivity contribution >= 4 is 21.8 Å². The molecule has 1 unspecified atom stereocenters. The van der Waals surface area contributed by atoms with Crippen LogP contribution in [-0.2, 0) is 11.3 Å². The number of rotatable bonds is 5. The fourth-order valence-electron chi connectivity index (χ4n) is 2.01. The number of hydrogen-bond donors (Lipinski definition) is 0. The van der Waals surface area contributed by atoms with Crippen molar-refractivity contribution in [2.45, 2.75) is 19.6 Å². The lowest BCUT2D eigenvalue weighted by Gasteiger charge is -2.22. The van der Waals surface area contributed by atoms with Crippen LogP contribution in [0.15, 0.2) is 59.1 Å². The number of ether oxygens (including phenoxy) is 1. The van der Waals surface area contributed by atoms with Crippen molar-refractivity contribution in [3.63, 3.8) is 0 Å². The van der Waals surface area contributed by atoms with E-state index in [4.69, 9.17) is 4.74 Å². The minimum absolute atomic E-state index is 0.0400. The fraction of sp³-hybridized carbons (Fsp3) is 0.235. The summed E-state index contributed by atoms with van der Waals surface area (Å²) in [6, 6.07) is 17.4. The molecule has 0 aliphatic carbocycles. The molecule has 3 nitrogen and oxygen atoms in total. The Labute approximate surface area is 133 Å². The summed E-state index contributed by atoms with van der Waals surface area (Å²) in [5.74, 6) is 0.647.